The molecule has 1 rings (SSSR count). The summed E-state index contributed by atoms with van der Waals surface area (Å²) in [5.74, 6) is 0. The molecule has 1 aromatic carbocycles. The summed E-state index contributed by atoms with van der Waals surface area (Å²) in [4.78, 5) is 2.60. The van der Waals surface area contributed by atoms with Crippen LogP contribution in [0.25, 0.3) is 0 Å². The lowest BCUT2D eigenvalue weighted by Crippen LogP contribution is -2.38. The standard InChI is InChI=1S/C18H30BrN/c1-4-12-18(15-19,13-5-2)16-20(6-3)14-17-10-8-7-9-11-17/h7-11H,4-6,12-16H2,1-3H3. The van der Waals surface area contributed by atoms with Crippen LogP contribution in [0.3, 0.4) is 0 Å². The lowest BCUT2D eigenvalue weighted by Gasteiger charge is -2.37. The third-order valence-corrected chi connectivity index (χ3v) is 5.29. The van der Waals surface area contributed by atoms with Crippen LogP contribution in [0.4, 0.5) is 0 Å². The first-order valence-electron chi connectivity index (χ1n) is 8.02. The molecule has 0 heterocycles. The van der Waals surface area contributed by atoms with Crippen LogP contribution in [0.1, 0.15) is 52.0 Å². The molecule has 0 spiro atoms. The maximum Gasteiger partial charge on any atom is 0.0233 e. The monoisotopic (exact) mass is 339 g/mol. The Morgan fingerprint density at radius 2 is 1.60 bits per heavy atom. The van der Waals surface area contributed by atoms with Crippen molar-refractivity contribution in [3.05, 3.63) is 35.9 Å². The fourth-order valence-electron chi connectivity index (χ4n) is 3.12. The molecule has 114 valence electrons. The molecular formula is C18H30BrN. The van der Waals surface area contributed by atoms with Crippen molar-refractivity contribution in [2.24, 2.45) is 5.41 Å². The van der Waals surface area contributed by atoms with Crippen molar-refractivity contribution in [3.63, 3.8) is 0 Å². The normalized spacial score (nSPS) is 12.1. The molecule has 0 radical (unpaired) electrons. The zero-order chi connectivity index (χ0) is 14.8. The van der Waals surface area contributed by atoms with Gasteiger partial charge < -0.3 is 0 Å². The molecule has 0 amide bonds. The Hall–Kier alpha value is -0.340. The largest absolute Gasteiger partial charge is 0.299 e. The predicted molar refractivity (Wildman–Crippen MR) is 93.4 cm³/mol. The van der Waals surface area contributed by atoms with Crippen molar-refractivity contribution in [2.75, 3.05) is 18.4 Å². The summed E-state index contributed by atoms with van der Waals surface area (Å²) >= 11 is 3.79. The summed E-state index contributed by atoms with van der Waals surface area (Å²) in [5.41, 5.74) is 1.86. The van der Waals surface area contributed by atoms with E-state index in [4.69, 9.17) is 0 Å². The van der Waals surface area contributed by atoms with Gasteiger partial charge in [-0.1, -0.05) is 79.9 Å². The minimum absolute atomic E-state index is 0.439. The Bertz CT molecular complexity index is 344. The van der Waals surface area contributed by atoms with Crippen LogP contribution in [0.5, 0.6) is 0 Å². The summed E-state index contributed by atoms with van der Waals surface area (Å²) < 4.78 is 0. The summed E-state index contributed by atoms with van der Waals surface area (Å²) in [7, 11) is 0. The highest BCUT2D eigenvalue weighted by Crippen LogP contribution is 2.33. The van der Waals surface area contributed by atoms with E-state index in [0.717, 1.165) is 18.4 Å². The smallest absolute Gasteiger partial charge is 0.0233 e. The second kappa shape index (κ2) is 9.57. The van der Waals surface area contributed by atoms with Gasteiger partial charge in [-0.05, 0) is 30.4 Å². The van der Waals surface area contributed by atoms with Crippen LogP contribution in [0.2, 0.25) is 0 Å². The minimum atomic E-state index is 0.439. The first-order valence-corrected chi connectivity index (χ1v) is 9.14. The quantitative estimate of drug-likeness (QED) is 0.509. The third kappa shape index (κ3) is 5.57. The van der Waals surface area contributed by atoms with Gasteiger partial charge in [0, 0.05) is 18.4 Å². The Balaban J connectivity index is 2.72. The summed E-state index contributed by atoms with van der Waals surface area (Å²) in [5, 5.41) is 1.12. The topological polar surface area (TPSA) is 3.24 Å². The molecule has 1 nitrogen and oxygen atoms in total. The van der Waals surface area contributed by atoms with Crippen molar-refractivity contribution >= 4 is 15.9 Å². The van der Waals surface area contributed by atoms with E-state index in [1.807, 2.05) is 0 Å². The van der Waals surface area contributed by atoms with Gasteiger partial charge in [0.05, 0.1) is 0 Å². The fraction of sp³-hybridized carbons (Fsp3) is 0.667. The van der Waals surface area contributed by atoms with E-state index in [0.29, 0.717) is 5.41 Å². The molecule has 0 aliphatic heterocycles. The number of benzene rings is 1. The summed E-state index contributed by atoms with van der Waals surface area (Å²) in [6, 6.07) is 10.8. The Labute approximate surface area is 133 Å². The highest BCUT2D eigenvalue weighted by molar-refractivity contribution is 9.09. The average Bonchev–Trinajstić information content (AvgIpc) is 2.48. The van der Waals surface area contributed by atoms with Crippen molar-refractivity contribution in [3.8, 4) is 0 Å². The molecule has 0 aromatic heterocycles. The van der Waals surface area contributed by atoms with Gasteiger partial charge in [-0.25, -0.2) is 0 Å². The molecule has 20 heavy (non-hydrogen) atoms. The Morgan fingerprint density at radius 1 is 1.00 bits per heavy atom. The maximum atomic E-state index is 3.79. The molecule has 0 saturated carbocycles. The second-order valence-corrected chi connectivity index (χ2v) is 6.48. The van der Waals surface area contributed by atoms with Crippen LogP contribution < -0.4 is 0 Å². The van der Waals surface area contributed by atoms with E-state index in [-0.39, 0.29) is 0 Å². The molecule has 0 aliphatic rings. The first kappa shape index (κ1) is 17.7. The molecule has 0 bridgehead atoms. The molecule has 0 saturated heterocycles. The van der Waals surface area contributed by atoms with E-state index in [1.165, 1.54) is 37.8 Å². The van der Waals surface area contributed by atoms with E-state index >= 15 is 0 Å². The minimum Gasteiger partial charge on any atom is -0.299 e. The van der Waals surface area contributed by atoms with Crippen LogP contribution in [0, 0.1) is 5.41 Å². The van der Waals surface area contributed by atoms with Crippen molar-refractivity contribution in [1.29, 1.82) is 0 Å². The Kier molecular flexibility index (Phi) is 8.47. The van der Waals surface area contributed by atoms with Crippen molar-refractivity contribution in [1.82, 2.24) is 4.90 Å². The molecule has 0 fully saturated rings. The van der Waals surface area contributed by atoms with E-state index in [9.17, 15) is 0 Å². The molecular weight excluding hydrogens is 310 g/mol. The second-order valence-electron chi connectivity index (χ2n) is 5.92. The summed E-state index contributed by atoms with van der Waals surface area (Å²) in [6.45, 7) is 10.3. The molecule has 0 N–H and O–H groups in total. The first-order chi connectivity index (χ1) is 9.69. The van der Waals surface area contributed by atoms with E-state index < -0.39 is 0 Å². The zero-order valence-electron chi connectivity index (χ0n) is 13.4. The van der Waals surface area contributed by atoms with Gasteiger partial charge in [-0.15, -0.1) is 0 Å². The number of rotatable bonds is 10. The summed E-state index contributed by atoms with van der Waals surface area (Å²) in [6.07, 6.45) is 5.18. The predicted octanol–water partition coefficient (Wildman–Crippen LogP) is 5.49. The number of halogens is 1. The highest BCUT2D eigenvalue weighted by atomic mass is 79.9. The zero-order valence-corrected chi connectivity index (χ0v) is 15.0. The molecule has 1 aromatic rings. The van der Waals surface area contributed by atoms with Crippen molar-refractivity contribution < 1.29 is 0 Å². The lowest BCUT2D eigenvalue weighted by molar-refractivity contribution is 0.146. The van der Waals surface area contributed by atoms with Gasteiger partial charge in [-0.2, -0.15) is 0 Å². The molecule has 2 heteroatoms. The lowest BCUT2D eigenvalue weighted by atomic mass is 9.80. The number of hydrogen-bond acceptors (Lipinski definition) is 1. The number of hydrogen-bond donors (Lipinski definition) is 0. The van der Waals surface area contributed by atoms with Crippen LogP contribution in [0.15, 0.2) is 30.3 Å². The molecule has 0 unspecified atom stereocenters. The third-order valence-electron chi connectivity index (χ3n) is 4.10. The van der Waals surface area contributed by atoms with E-state index in [1.54, 1.807) is 0 Å². The molecule has 0 atom stereocenters. The van der Waals surface area contributed by atoms with Crippen molar-refractivity contribution in [2.45, 2.75) is 53.0 Å². The van der Waals surface area contributed by atoms with Gasteiger partial charge in [0.2, 0.25) is 0 Å². The van der Waals surface area contributed by atoms with Gasteiger partial charge >= 0.3 is 0 Å². The van der Waals surface area contributed by atoms with Gasteiger partial charge in [0.1, 0.15) is 0 Å². The number of nitrogens with zero attached hydrogens (tertiary/aromatic N) is 1. The average molecular weight is 340 g/mol. The SMILES string of the molecule is CCCC(CBr)(CCC)CN(CC)Cc1ccccc1. The maximum absolute atomic E-state index is 3.79. The van der Waals surface area contributed by atoms with E-state index in [2.05, 4.69) is 71.9 Å². The molecule has 0 aliphatic carbocycles. The highest BCUT2D eigenvalue weighted by Gasteiger charge is 2.29. The van der Waals surface area contributed by atoms with Crippen LogP contribution in [-0.2, 0) is 6.54 Å². The van der Waals surface area contributed by atoms with Crippen LogP contribution in [-0.4, -0.2) is 23.3 Å². The fourth-order valence-corrected chi connectivity index (χ4v) is 3.85. The van der Waals surface area contributed by atoms with Gasteiger partial charge in [0.15, 0.2) is 0 Å². The van der Waals surface area contributed by atoms with Gasteiger partial charge in [-0.3, -0.25) is 4.90 Å². The van der Waals surface area contributed by atoms with Crippen LogP contribution >= 0.6 is 15.9 Å². The Morgan fingerprint density at radius 3 is 2.05 bits per heavy atom. The number of alkyl halides is 1. The van der Waals surface area contributed by atoms with Gasteiger partial charge in [0.25, 0.3) is 0 Å².